The number of ether oxygens (including phenoxy) is 2. The predicted molar refractivity (Wildman–Crippen MR) is 88.2 cm³/mol. The van der Waals surface area contributed by atoms with E-state index >= 15 is 0 Å². The Morgan fingerprint density at radius 3 is 2.86 bits per heavy atom. The summed E-state index contributed by atoms with van der Waals surface area (Å²) in [5, 5.41) is 6.14. The first kappa shape index (κ1) is 18.9. The van der Waals surface area contributed by atoms with Crippen LogP contribution in [-0.2, 0) is 20.9 Å². The molecule has 1 saturated heterocycles. The third-order valence-electron chi connectivity index (χ3n) is 3.47. The molecule has 0 saturated carbocycles. The lowest BCUT2D eigenvalue weighted by molar-refractivity contribution is -0.130. The maximum absolute atomic E-state index is 12.1. The number of amides is 1. The molecule has 1 unspecified atom stereocenters. The molecule has 1 fully saturated rings. The highest BCUT2D eigenvalue weighted by Gasteiger charge is 2.28. The van der Waals surface area contributed by atoms with Crippen LogP contribution < -0.4 is 10.6 Å². The summed E-state index contributed by atoms with van der Waals surface area (Å²) in [7, 11) is 0. The number of rotatable bonds is 6. The van der Waals surface area contributed by atoms with Crippen LogP contribution in [0, 0.1) is 0 Å². The minimum Gasteiger partial charge on any atom is -0.375 e. The Balaban J connectivity index is 0.00000242. The first-order valence-corrected chi connectivity index (χ1v) is 7.44. The van der Waals surface area contributed by atoms with E-state index in [2.05, 4.69) is 10.6 Å². The molecule has 124 valence electrons. The van der Waals surface area contributed by atoms with Crippen molar-refractivity contribution in [2.75, 3.05) is 19.8 Å². The molecule has 0 radical (unpaired) electrons. The molecule has 1 aromatic carbocycles. The van der Waals surface area contributed by atoms with E-state index in [0.717, 1.165) is 5.56 Å². The maximum Gasteiger partial charge on any atom is 0.240 e. The summed E-state index contributed by atoms with van der Waals surface area (Å²) in [6.07, 6.45) is -0.101. The quantitative estimate of drug-likeness (QED) is 0.831. The second-order valence-electron chi connectivity index (χ2n) is 5.42. The van der Waals surface area contributed by atoms with Gasteiger partial charge < -0.3 is 20.1 Å². The Labute approximate surface area is 138 Å². The molecule has 0 aliphatic carbocycles. The number of hydrogen-bond donors (Lipinski definition) is 2. The molecule has 6 heteroatoms. The van der Waals surface area contributed by atoms with Crippen LogP contribution in [-0.4, -0.2) is 43.9 Å². The van der Waals surface area contributed by atoms with Crippen molar-refractivity contribution in [1.82, 2.24) is 10.6 Å². The molecule has 1 aliphatic rings. The zero-order valence-electron chi connectivity index (χ0n) is 13.1. The van der Waals surface area contributed by atoms with Crippen molar-refractivity contribution in [2.24, 2.45) is 0 Å². The Bertz CT molecular complexity index is 444. The zero-order chi connectivity index (χ0) is 15.1. The monoisotopic (exact) mass is 328 g/mol. The van der Waals surface area contributed by atoms with Crippen molar-refractivity contribution >= 4 is 18.3 Å². The van der Waals surface area contributed by atoms with E-state index in [1.165, 1.54) is 0 Å². The Hall–Kier alpha value is -1.14. The number of carbonyl (C=O) groups excluding carboxylic acids is 1. The van der Waals surface area contributed by atoms with Crippen molar-refractivity contribution in [3.05, 3.63) is 35.9 Å². The Kier molecular flexibility index (Phi) is 8.42. The van der Waals surface area contributed by atoms with Gasteiger partial charge in [-0.05, 0) is 19.4 Å². The van der Waals surface area contributed by atoms with Gasteiger partial charge in [0.25, 0.3) is 0 Å². The van der Waals surface area contributed by atoms with Crippen molar-refractivity contribution in [3.63, 3.8) is 0 Å². The highest BCUT2D eigenvalue weighted by molar-refractivity contribution is 5.85. The van der Waals surface area contributed by atoms with Gasteiger partial charge in [-0.15, -0.1) is 12.4 Å². The number of morpholine rings is 1. The lowest BCUT2D eigenvalue weighted by Gasteiger charge is -2.30. The molecule has 0 bridgehead atoms. The van der Waals surface area contributed by atoms with Gasteiger partial charge in [0.15, 0.2) is 0 Å². The minimum absolute atomic E-state index is 0. The minimum atomic E-state index is -0.282. The van der Waals surface area contributed by atoms with Crippen LogP contribution in [0.5, 0.6) is 0 Å². The molecule has 1 aliphatic heterocycles. The van der Waals surface area contributed by atoms with E-state index in [-0.39, 0.29) is 36.5 Å². The van der Waals surface area contributed by atoms with Gasteiger partial charge >= 0.3 is 0 Å². The normalized spacial score (nSPS) is 22.5. The Morgan fingerprint density at radius 2 is 2.18 bits per heavy atom. The largest absolute Gasteiger partial charge is 0.375 e. The lowest BCUT2D eigenvalue weighted by Crippen LogP contribution is -2.57. The molecule has 2 N–H and O–H groups in total. The lowest BCUT2D eigenvalue weighted by atomic mass is 10.1. The van der Waals surface area contributed by atoms with Gasteiger partial charge in [0.2, 0.25) is 5.91 Å². The standard InChI is InChI=1S/C16H24N2O3.ClH/c1-12(10-20-11-14-6-4-3-5-7-14)18-16(19)15-13(2)21-9-8-17-15;/h3-7,12-13,15,17H,8-11H2,1-2H3,(H,18,19);1H/t12?,13-,15+;/m1./s1. The van der Waals surface area contributed by atoms with Crippen molar-refractivity contribution < 1.29 is 14.3 Å². The summed E-state index contributed by atoms with van der Waals surface area (Å²) < 4.78 is 11.1. The van der Waals surface area contributed by atoms with Gasteiger partial charge in [0, 0.05) is 12.6 Å². The predicted octanol–water partition coefficient (Wildman–Crippen LogP) is 1.51. The van der Waals surface area contributed by atoms with Crippen LogP contribution in [0.1, 0.15) is 19.4 Å². The van der Waals surface area contributed by atoms with E-state index in [1.807, 2.05) is 44.2 Å². The van der Waals surface area contributed by atoms with Crippen molar-refractivity contribution in [2.45, 2.75) is 38.6 Å². The van der Waals surface area contributed by atoms with Crippen LogP contribution in [0.15, 0.2) is 30.3 Å². The second kappa shape index (κ2) is 9.79. The van der Waals surface area contributed by atoms with Crippen LogP contribution in [0.2, 0.25) is 0 Å². The van der Waals surface area contributed by atoms with Crippen LogP contribution in [0.25, 0.3) is 0 Å². The SMILES string of the molecule is CC(COCc1ccccc1)NC(=O)[C@H]1NCCO[C@@H]1C.Cl. The maximum atomic E-state index is 12.1. The summed E-state index contributed by atoms with van der Waals surface area (Å²) in [5.74, 6) is -0.0296. The number of benzene rings is 1. The summed E-state index contributed by atoms with van der Waals surface area (Å²) in [6.45, 7) is 6.26. The zero-order valence-corrected chi connectivity index (χ0v) is 13.9. The fourth-order valence-electron chi connectivity index (χ4n) is 2.33. The average Bonchev–Trinajstić information content (AvgIpc) is 2.48. The molecule has 0 spiro atoms. The summed E-state index contributed by atoms with van der Waals surface area (Å²) in [4.78, 5) is 12.1. The molecule has 22 heavy (non-hydrogen) atoms. The summed E-state index contributed by atoms with van der Waals surface area (Å²) >= 11 is 0. The van der Waals surface area contributed by atoms with Gasteiger partial charge in [0.05, 0.1) is 25.9 Å². The van der Waals surface area contributed by atoms with Crippen molar-refractivity contribution in [3.8, 4) is 0 Å². The van der Waals surface area contributed by atoms with E-state index < -0.39 is 0 Å². The third kappa shape index (κ3) is 5.93. The fraction of sp³-hybridized carbons (Fsp3) is 0.562. The molecule has 2 rings (SSSR count). The van der Waals surface area contributed by atoms with Gasteiger partial charge in [-0.25, -0.2) is 0 Å². The second-order valence-corrected chi connectivity index (χ2v) is 5.42. The van der Waals surface area contributed by atoms with Crippen molar-refractivity contribution in [1.29, 1.82) is 0 Å². The molecular formula is C16H25ClN2O3. The van der Waals surface area contributed by atoms with Crippen LogP contribution in [0.4, 0.5) is 0 Å². The topological polar surface area (TPSA) is 59.6 Å². The van der Waals surface area contributed by atoms with Gasteiger partial charge in [-0.2, -0.15) is 0 Å². The molecule has 1 amide bonds. The summed E-state index contributed by atoms with van der Waals surface area (Å²) in [5.41, 5.74) is 1.13. The number of hydrogen-bond acceptors (Lipinski definition) is 4. The van der Waals surface area contributed by atoms with Gasteiger partial charge in [-0.1, -0.05) is 30.3 Å². The first-order chi connectivity index (χ1) is 10.2. The van der Waals surface area contributed by atoms with E-state index in [4.69, 9.17) is 9.47 Å². The molecule has 3 atom stereocenters. The fourth-order valence-corrected chi connectivity index (χ4v) is 2.33. The molecular weight excluding hydrogens is 304 g/mol. The molecule has 0 aromatic heterocycles. The van der Waals surface area contributed by atoms with E-state index in [9.17, 15) is 4.79 Å². The van der Waals surface area contributed by atoms with E-state index in [0.29, 0.717) is 26.4 Å². The van der Waals surface area contributed by atoms with Crippen LogP contribution in [0.3, 0.4) is 0 Å². The van der Waals surface area contributed by atoms with E-state index in [1.54, 1.807) is 0 Å². The molecule has 1 heterocycles. The summed E-state index contributed by atoms with van der Waals surface area (Å²) in [6, 6.07) is 9.68. The number of carbonyl (C=O) groups is 1. The highest BCUT2D eigenvalue weighted by Crippen LogP contribution is 2.05. The van der Waals surface area contributed by atoms with Gasteiger partial charge in [-0.3, -0.25) is 4.79 Å². The molecule has 5 nitrogen and oxygen atoms in total. The molecule has 1 aromatic rings. The smallest absolute Gasteiger partial charge is 0.240 e. The Morgan fingerprint density at radius 1 is 1.45 bits per heavy atom. The highest BCUT2D eigenvalue weighted by atomic mass is 35.5. The van der Waals surface area contributed by atoms with Crippen LogP contribution >= 0.6 is 12.4 Å². The number of halogens is 1. The average molecular weight is 329 g/mol. The van der Waals surface area contributed by atoms with Gasteiger partial charge in [0.1, 0.15) is 6.04 Å². The number of nitrogens with one attached hydrogen (secondary N) is 2. The first-order valence-electron chi connectivity index (χ1n) is 7.44. The third-order valence-corrected chi connectivity index (χ3v) is 3.47.